The summed E-state index contributed by atoms with van der Waals surface area (Å²) >= 11 is 5.95. The zero-order valence-electron chi connectivity index (χ0n) is 15.5. The highest BCUT2D eigenvalue weighted by Gasteiger charge is 2.43. The molecule has 4 rings (SSSR count). The van der Waals surface area contributed by atoms with E-state index in [0.29, 0.717) is 29.7 Å². The van der Waals surface area contributed by atoms with Gasteiger partial charge in [0.05, 0.1) is 5.92 Å². The lowest BCUT2D eigenvalue weighted by atomic mass is 9.87. The van der Waals surface area contributed by atoms with Crippen molar-refractivity contribution in [2.24, 2.45) is 5.92 Å². The van der Waals surface area contributed by atoms with Crippen LogP contribution in [-0.2, 0) is 9.53 Å². The fraction of sp³-hybridized carbons (Fsp3) is 0.650. The number of halogens is 2. The van der Waals surface area contributed by atoms with Gasteiger partial charge in [0.2, 0.25) is 5.91 Å². The second-order valence-corrected chi connectivity index (χ2v) is 8.19. The van der Waals surface area contributed by atoms with Crippen molar-refractivity contribution < 1.29 is 13.9 Å². The zero-order chi connectivity index (χ0) is 18.8. The first-order valence-electron chi connectivity index (χ1n) is 9.89. The van der Waals surface area contributed by atoms with Crippen LogP contribution in [0.1, 0.15) is 24.3 Å². The number of ether oxygens (including phenoxy) is 1. The molecule has 3 heterocycles. The number of likely N-dealkylation sites (tertiary alicyclic amines) is 1. The molecule has 148 valence electrons. The summed E-state index contributed by atoms with van der Waals surface area (Å²) in [5.74, 6) is -0.487. The van der Waals surface area contributed by atoms with E-state index in [1.54, 1.807) is 12.1 Å². The van der Waals surface area contributed by atoms with Crippen molar-refractivity contribution in [2.45, 2.75) is 24.8 Å². The molecule has 0 aliphatic carbocycles. The molecule has 27 heavy (non-hydrogen) atoms. The van der Waals surface area contributed by atoms with Gasteiger partial charge in [-0.1, -0.05) is 17.7 Å². The SMILES string of the molecule is O=C([C@@H]1CN(C2CCOCC2)C[C@H]1c1ccc(Cl)cc1F)N1CCNCC1. The predicted octanol–water partition coefficient (Wildman–Crippen LogP) is 2.11. The quantitative estimate of drug-likeness (QED) is 0.851. The van der Waals surface area contributed by atoms with Crippen LogP contribution in [0.3, 0.4) is 0 Å². The van der Waals surface area contributed by atoms with E-state index in [1.807, 2.05) is 4.90 Å². The second kappa shape index (κ2) is 8.43. The van der Waals surface area contributed by atoms with Gasteiger partial charge in [-0.15, -0.1) is 0 Å². The van der Waals surface area contributed by atoms with E-state index < -0.39 is 0 Å². The lowest BCUT2D eigenvalue weighted by Gasteiger charge is -2.32. The Hall–Kier alpha value is -1.21. The largest absolute Gasteiger partial charge is 0.381 e. The third-order valence-corrected chi connectivity index (χ3v) is 6.40. The van der Waals surface area contributed by atoms with Crippen molar-refractivity contribution in [3.05, 3.63) is 34.6 Å². The van der Waals surface area contributed by atoms with Gasteiger partial charge in [0, 0.05) is 69.5 Å². The lowest BCUT2D eigenvalue weighted by molar-refractivity contribution is -0.136. The molecule has 0 saturated carbocycles. The number of hydrogen-bond donors (Lipinski definition) is 1. The molecule has 3 aliphatic rings. The molecular weight excluding hydrogens is 369 g/mol. The topological polar surface area (TPSA) is 44.8 Å². The minimum atomic E-state index is -0.306. The smallest absolute Gasteiger partial charge is 0.227 e. The average Bonchev–Trinajstić information content (AvgIpc) is 3.14. The van der Waals surface area contributed by atoms with Crippen LogP contribution in [0.25, 0.3) is 0 Å². The van der Waals surface area contributed by atoms with Crippen LogP contribution in [0.4, 0.5) is 4.39 Å². The van der Waals surface area contributed by atoms with Crippen molar-refractivity contribution in [1.82, 2.24) is 15.1 Å². The van der Waals surface area contributed by atoms with E-state index in [1.165, 1.54) is 6.07 Å². The van der Waals surface area contributed by atoms with Gasteiger partial charge < -0.3 is 15.0 Å². The summed E-state index contributed by atoms with van der Waals surface area (Å²) in [6.45, 7) is 6.02. The van der Waals surface area contributed by atoms with Gasteiger partial charge in [0.1, 0.15) is 5.82 Å². The van der Waals surface area contributed by atoms with E-state index >= 15 is 0 Å². The first kappa shape index (κ1) is 19.1. The molecule has 1 N–H and O–H groups in total. The van der Waals surface area contributed by atoms with Crippen LogP contribution in [-0.4, -0.2) is 74.2 Å². The fourth-order valence-corrected chi connectivity index (χ4v) is 4.83. The highest BCUT2D eigenvalue weighted by molar-refractivity contribution is 6.30. The molecule has 1 aromatic rings. The third-order valence-electron chi connectivity index (χ3n) is 6.16. The average molecular weight is 396 g/mol. The van der Waals surface area contributed by atoms with Gasteiger partial charge in [-0.25, -0.2) is 4.39 Å². The van der Waals surface area contributed by atoms with Crippen molar-refractivity contribution >= 4 is 17.5 Å². The van der Waals surface area contributed by atoms with Crippen molar-refractivity contribution in [2.75, 3.05) is 52.5 Å². The van der Waals surface area contributed by atoms with Crippen molar-refractivity contribution in [3.8, 4) is 0 Å². The van der Waals surface area contributed by atoms with Crippen LogP contribution >= 0.6 is 11.6 Å². The summed E-state index contributed by atoms with van der Waals surface area (Å²) in [6.07, 6.45) is 1.95. The van der Waals surface area contributed by atoms with Crippen LogP contribution in [0.2, 0.25) is 5.02 Å². The number of carbonyl (C=O) groups is 1. The maximum atomic E-state index is 14.7. The Morgan fingerprint density at radius 1 is 1.19 bits per heavy atom. The number of nitrogens with one attached hydrogen (secondary N) is 1. The summed E-state index contributed by atoms with van der Waals surface area (Å²) in [5.41, 5.74) is 0.613. The molecule has 1 amide bonds. The van der Waals surface area contributed by atoms with Gasteiger partial charge in [-0.3, -0.25) is 9.69 Å². The minimum absolute atomic E-state index is 0.132. The number of nitrogens with zero attached hydrogens (tertiary/aromatic N) is 2. The summed E-state index contributed by atoms with van der Waals surface area (Å²) in [5, 5.41) is 3.68. The number of rotatable bonds is 3. The Kier molecular flexibility index (Phi) is 5.97. The van der Waals surface area contributed by atoms with Crippen molar-refractivity contribution in [1.29, 1.82) is 0 Å². The lowest BCUT2D eigenvalue weighted by Crippen LogP contribution is -2.49. The third kappa shape index (κ3) is 4.14. The molecule has 3 fully saturated rings. The van der Waals surface area contributed by atoms with E-state index in [2.05, 4.69) is 10.2 Å². The number of amides is 1. The highest BCUT2D eigenvalue weighted by Crippen LogP contribution is 2.38. The maximum Gasteiger partial charge on any atom is 0.227 e. The highest BCUT2D eigenvalue weighted by atomic mass is 35.5. The number of hydrogen-bond acceptors (Lipinski definition) is 4. The monoisotopic (exact) mass is 395 g/mol. The minimum Gasteiger partial charge on any atom is -0.381 e. The Bertz CT molecular complexity index is 677. The first-order valence-corrected chi connectivity index (χ1v) is 10.3. The van der Waals surface area contributed by atoms with Gasteiger partial charge in [-0.2, -0.15) is 0 Å². The fourth-order valence-electron chi connectivity index (χ4n) is 4.67. The van der Waals surface area contributed by atoms with Crippen LogP contribution in [0, 0.1) is 11.7 Å². The Morgan fingerprint density at radius 3 is 2.63 bits per heavy atom. The maximum absolute atomic E-state index is 14.7. The molecular formula is C20H27ClFN3O2. The summed E-state index contributed by atoms with van der Waals surface area (Å²) in [7, 11) is 0. The summed E-state index contributed by atoms with van der Waals surface area (Å²) in [4.78, 5) is 17.6. The second-order valence-electron chi connectivity index (χ2n) is 7.75. The summed E-state index contributed by atoms with van der Waals surface area (Å²) in [6, 6.07) is 5.26. The van der Waals surface area contributed by atoms with E-state index in [-0.39, 0.29) is 23.6 Å². The number of piperazine rings is 1. The van der Waals surface area contributed by atoms with Crippen LogP contribution in [0.5, 0.6) is 0 Å². The molecule has 0 spiro atoms. The van der Waals surface area contributed by atoms with Crippen LogP contribution < -0.4 is 5.32 Å². The molecule has 3 saturated heterocycles. The van der Waals surface area contributed by atoms with Gasteiger partial charge in [-0.05, 0) is 30.5 Å². The molecule has 1 aromatic carbocycles. The molecule has 7 heteroatoms. The van der Waals surface area contributed by atoms with Gasteiger partial charge in [0.25, 0.3) is 0 Å². The molecule has 3 aliphatic heterocycles. The number of benzene rings is 1. The molecule has 5 nitrogen and oxygen atoms in total. The van der Waals surface area contributed by atoms with Gasteiger partial charge in [0.15, 0.2) is 0 Å². The first-order chi connectivity index (χ1) is 13.1. The van der Waals surface area contributed by atoms with E-state index in [0.717, 1.165) is 52.2 Å². The predicted molar refractivity (Wildman–Crippen MR) is 103 cm³/mol. The molecule has 0 bridgehead atoms. The van der Waals surface area contributed by atoms with E-state index in [9.17, 15) is 9.18 Å². The Balaban J connectivity index is 1.58. The van der Waals surface area contributed by atoms with E-state index in [4.69, 9.17) is 16.3 Å². The molecule has 0 radical (unpaired) electrons. The Morgan fingerprint density at radius 2 is 1.93 bits per heavy atom. The normalized spacial score (nSPS) is 27.9. The van der Waals surface area contributed by atoms with Crippen molar-refractivity contribution in [3.63, 3.8) is 0 Å². The molecule has 2 atom stereocenters. The molecule has 0 aromatic heterocycles. The standard InChI is InChI=1S/C20H27ClFN3O2/c21-14-1-2-16(19(22)11-14)17-12-25(15-3-9-27-10-4-15)13-18(17)20(26)24-7-5-23-6-8-24/h1-2,11,15,17-18,23H,3-10,12-13H2/t17-,18+/m0/s1. The molecule has 0 unspecified atom stereocenters. The zero-order valence-corrected chi connectivity index (χ0v) is 16.3. The van der Waals surface area contributed by atoms with Gasteiger partial charge >= 0.3 is 0 Å². The number of carbonyl (C=O) groups excluding carboxylic acids is 1. The summed E-state index contributed by atoms with van der Waals surface area (Å²) < 4.78 is 20.2. The van der Waals surface area contributed by atoms with Crippen LogP contribution in [0.15, 0.2) is 18.2 Å². The Labute approximate surface area is 164 Å².